The third-order valence-corrected chi connectivity index (χ3v) is 4.52. The minimum Gasteiger partial charge on any atom is -0.488 e. The second-order valence-electron chi connectivity index (χ2n) is 5.18. The minimum atomic E-state index is -0.464. The van der Waals surface area contributed by atoms with Crippen LogP contribution >= 0.6 is 11.6 Å². The van der Waals surface area contributed by atoms with Gasteiger partial charge in [0.05, 0.1) is 16.0 Å². The second kappa shape index (κ2) is 4.98. The van der Waals surface area contributed by atoms with Crippen molar-refractivity contribution < 1.29 is 9.66 Å². The predicted molar refractivity (Wildman–Crippen MR) is 73.5 cm³/mol. The van der Waals surface area contributed by atoms with Crippen LogP contribution in [0.5, 0.6) is 5.75 Å². The van der Waals surface area contributed by atoms with Gasteiger partial charge in [-0.25, -0.2) is 0 Å². The van der Waals surface area contributed by atoms with Crippen LogP contribution in [-0.2, 0) is 0 Å². The predicted octanol–water partition coefficient (Wildman–Crippen LogP) is 3.14. The first kappa shape index (κ1) is 14.1. The number of nitrogens with zero attached hydrogens (tertiary/aromatic N) is 1. The molecule has 0 radical (unpaired) electrons. The molecule has 1 aromatic rings. The highest BCUT2D eigenvalue weighted by Gasteiger charge is 2.50. The molecule has 5 nitrogen and oxygen atoms in total. The lowest BCUT2D eigenvalue weighted by atomic mass is 9.62. The van der Waals surface area contributed by atoms with Gasteiger partial charge >= 0.3 is 0 Å². The van der Waals surface area contributed by atoms with E-state index in [-0.39, 0.29) is 23.2 Å². The Morgan fingerprint density at radius 1 is 1.63 bits per heavy atom. The number of nitro benzene ring substituents is 1. The first-order valence-corrected chi connectivity index (χ1v) is 6.62. The molecule has 1 saturated carbocycles. The van der Waals surface area contributed by atoms with Crippen LogP contribution in [0.15, 0.2) is 18.2 Å². The van der Waals surface area contributed by atoms with E-state index in [1.165, 1.54) is 18.2 Å². The van der Waals surface area contributed by atoms with E-state index in [2.05, 4.69) is 13.8 Å². The molecule has 2 rings (SSSR count). The zero-order valence-electron chi connectivity index (χ0n) is 10.9. The number of nitro groups is 1. The molecule has 0 saturated heterocycles. The third kappa shape index (κ3) is 2.40. The molecule has 1 fully saturated rings. The van der Waals surface area contributed by atoms with Gasteiger partial charge in [0, 0.05) is 23.9 Å². The lowest BCUT2D eigenvalue weighted by Crippen LogP contribution is -2.61. The fraction of sp³-hybridized carbons (Fsp3) is 0.538. The van der Waals surface area contributed by atoms with Gasteiger partial charge in [0.2, 0.25) is 0 Å². The van der Waals surface area contributed by atoms with E-state index in [0.29, 0.717) is 10.8 Å². The molecule has 104 valence electrons. The second-order valence-corrected chi connectivity index (χ2v) is 5.59. The Balaban J connectivity index is 2.20. The summed E-state index contributed by atoms with van der Waals surface area (Å²) in [5.74, 6) is 0.354. The average molecular weight is 285 g/mol. The highest BCUT2D eigenvalue weighted by atomic mass is 35.5. The topological polar surface area (TPSA) is 78.4 Å². The Kier molecular flexibility index (Phi) is 3.69. The molecule has 1 aliphatic rings. The van der Waals surface area contributed by atoms with Crippen LogP contribution < -0.4 is 10.5 Å². The van der Waals surface area contributed by atoms with Gasteiger partial charge in [-0.15, -0.1) is 0 Å². The Bertz CT molecular complexity index is 509. The van der Waals surface area contributed by atoms with Gasteiger partial charge in [-0.2, -0.15) is 0 Å². The van der Waals surface area contributed by atoms with Crippen LogP contribution in [0.1, 0.15) is 26.7 Å². The summed E-state index contributed by atoms with van der Waals surface area (Å²) >= 11 is 6.02. The highest BCUT2D eigenvalue weighted by molar-refractivity contribution is 6.32. The average Bonchev–Trinajstić information content (AvgIpc) is 2.39. The molecule has 0 amide bonds. The number of hydrogen-bond acceptors (Lipinski definition) is 4. The van der Waals surface area contributed by atoms with E-state index in [0.717, 1.165) is 12.8 Å². The van der Waals surface area contributed by atoms with Crippen LogP contribution in [-0.4, -0.2) is 17.1 Å². The maximum absolute atomic E-state index is 10.8. The first-order chi connectivity index (χ1) is 8.88. The third-order valence-electron chi connectivity index (χ3n) is 4.21. The summed E-state index contributed by atoms with van der Waals surface area (Å²) < 4.78 is 5.83. The molecule has 1 aliphatic carbocycles. The number of non-ortho nitro benzene ring substituents is 1. The number of ether oxygens (including phenoxy) is 1. The smallest absolute Gasteiger partial charge is 0.273 e. The number of hydrogen-bond donors (Lipinski definition) is 1. The van der Waals surface area contributed by atoms with E-state index >= 15 is 0 Å². The van der Waals surface area contributed by atoms with E-state index in [4.69, 9.17) is 22.1 Å². The van der Waals surface area contributed by atoms with Crippen molar-refractivity contribution in [1.82, 2.24) is 0 Å². The van der Waals surface area contributed by atoms with Crippen molar-refractivity contribution in [3.8, 4) is 5.75 Å². The van der Waals surface area contributed by atoms with E-state index < -0.39 is 4.92 Å². The van der Waals surface area contributed by atoms with Crippen molar-refractivity contribution in [2.24, 2.45) is 11.1 Å². The fourth-order valence-corrected chi connectivity index (χ4v) is 2.53. The fourth-order valence-electron chi connectivity index (χ4n) is 2.37. The molecule has 19 heavy (non-hydrogen) atoms. The van der Waals surface area contributed by atoms with Crippen molar-refractivity contribution in [2.45, 2.75) is 38.8 Å². The largest absolute Gasteiger partial charge is 0.488 e. The van der Waals surface area contributed by atoms with Crippen molar-refractivity contribution >= 4 is 17.3 Å². The highest BCUT2D eigenvalue weighted by Crippen LogP contribution is 2.46. The first-order valence-electron chi connectivity index (χ1n) is 6.24. The molecule has 0 aromatic heterocycles. The van der Waals surface area contributed by atoms with Gasteiger partial charge in [0.1, 0.15) is 11.9 Å². The summed E-state index contributed by atoms with van der Waals surface area (Å²) in [7, 11) is 0. The lowest BCUT2D eigenvalue weighted by molar-refractivity contribution is -0.385. The number of rotatable bonds is 4. The lowest BCUT2D eigenvalue weighted by Gasteiger charge is -2.51. The molecular formula is C13H17ClN2O3. The van der Waals surface area contributed by atoms with E-state index in [1.807, 2.05) is 0 Å². The summed E-state index contributed by atoms with van der Waals surface area (Å²) in [6, 6.07) is 4.31. The summed E-state index contributed by atoms with van der Waals surface area (Å²) in [5.41, 5.74) is 5.88. The van der Waals surface area contributed by atoms with Crippen molar-refractivity contribution in [3.63, 3.8) is 0 Å². The van der Waals surface area contributed by atoms with Crippen LogP contribution in [0.3, 0.4) is 0 Å². The maximum atomic E-state index is 10.8. The SMILES string of the molecule is CCC1(C)C(N)CC1Oc1cc([N+](=O)[O-])ccc1Cl. The summed E-state index contributed by atoms with van der Waals surface area (Å²) in [5, 5.41) is 11.1. The molecule has 0 spiro atoms. The Morgan fingerprint density at radius 2 is 2.32 bits per heavy atom. The van der Waals surface area contributed by atoms with Gasteiger partial charge < -0.3 is 10.5 Å². The Hall–Kier alpha value is -1.33. The van der Waals surface area contributed by atoms with E-state index in [1.54, 1.807) is 0 Å². The Morgan fingerprint density at radius 3 is 2.84 bits per heavy atom. The molecule has 2 N–H and O–H groups in total. The van der Waals surface area contributed by atoms with Crippen molar-refractivity contribution in [2.75, 3.05) is 0 Å². The summed E-state index contributed by atoms with van der Waals surface area (Å²) in [6.45, 7) is 4.13. The van der Waals surface area contributed by atoms with Crippen molar-refractivity contribution in [1.29, 1.82) is 0 Å². The van der Waals surface area contributed by atoms with Gasteiger partial charge in [0.15, 0.2) is 0 Å². The minimum absolute atomic E-state index is 0.0266. The maximum Gasteiger partial charge on any atom is 0.273 e. The van der Waals surface area contributed by atoms with Crippen LogP contribution in [0, 0.1) is 15.5 Å². The molecule has 0 bridgehead atoms. The van der Waals surface area contributed by atoms with Crippen molar-refractivity contribution in [3.05, 3.63) is 33.3 Å². The molecule has 6 heteroatoms. The quantitative estimate of drug-likeness (QED) is 0.680. The van der Waals surface area contributed by atoms with Crippen LogP contribution in [0.2, 0.25) is 5.02 Å². The van der Waals surface area contributed by atoms with E-state index in [9.17, 15) is 10.1 Å². The summed E-state index contributed by atoms with van der Waals surface area (Å²) in [4.78, 5) is 10.3. The zero-order valence-corrected chi connectivity index (χ0v) is 11.7. The monoisotopic (exact) mass is 284 g/mol. The molecule has 0 aliphatic heterocycles. The molecule has 0 heterocycles. The number of halogens is 1. The van der Waals surface area contributed by atoms with Gasteiger partial charge in [-0.3, -0.25) is 10.1 Å². The zero-order chi connectivity index (χ0) is 14.2. The molecule has 3 atom stereocenters. The van der Waals surface area contributed by atoms with Gasteiger partial charge in [-0.1, -0.05) is 25.4 Å². The molecule has 1 aromatic carbocycles. The van der Waals surface area contributed by atoms with Gasteiger partial charge in [0.25, 0.3) is 5.69 Å². The van der Waals surface area contributed by atoms with Crippen LogP contribution in [0.4, 0.5) is 5.69 Å². The van der Waals surface area contributed by atoms with Crippen LogP contribution in [0.25, 0.3) is 0 Å². The van der Waals surface area contributed by atoms with Gasteiger partial charge in [-0.05, 0) is 12.5 Å². The number of nitrogens with two attached hydrogens (primary N) is 1. The standard InChI is InChI=1S/C13H17ClN2O3/c1-3-13(2)11(15)7-12(13)19-10-6-8(16(17)18)4-5-9(10)14/h4-6,11-12H,3,7,15H2,1-2H3. The summed E-state index contributed by atoms with van der Waals surface area (Å²) in [6.07, 6.45) is 1.58. The number of benzene rings is 1. The molecular weight excluding hydrogens is 268 g/mol. The Labute approximate surface area is 116 Å². The normalized spacial score (nSPS) is 29.7. The molecule has 3 unspecified atom stereocenters.